The molecule has 0 fully saturated rings. The van der Waals surface area contributed by atoms with Crippen LogP contribution in [0, 0.1) is 11.3 Å². The third-order valence-corrected chi connectivity index (χ3v) is 4.98. The van der Waals surface area contributed by atoms with Gasteiger partial charge in [0.15, 0.2) is 21.3 Å². The van der Waals surface area contributed by atoms with Crippen LogP contribution >= 0.6 is 27.7 Å². The Labute approximate surface area is 167 Å². The molecule has 0 unspecified atom stereocenters. The van der Waals surface area contributed by atoms with Crippen molar-refractivity contribution in [3.8, 4) is 17.7 Å². The van der Waals surface area contributed by atoms with Crippen LogP contribution < -0.4 is 0 Å². The van der Waals surface area contributed by atoms with Crippen LogP contribution in [0.2, 0.25) is 0 Å². The lowest BCUT2D eigenvalue weighted by Crippen LogP contribution is -2.04. The second-order valence-corrected chi connectivity index (χ2v) is 7.22. The molecule has 4 rings (SSSR count). The Hall–Kier alpha value is -2.96. The van der Waals surface area contributed by atoms with Gasteiger partial charge in [-0.25, -0.2) is 0 Å². The molecule has 0 aliphatic carbocycles. The fraction of sp³-hybridized carbons (Fsp3) is 0.0556. The number of hydrogen-bond acceptors (Lipinski definition) is 7. The first-order valence-corrected chi connectivity index (χ1v) is 9.48. The smallest absolute Gasteiger partial charge is 0.200 e. The first-order chi connectivity index (χ1) is 13.2. The van der Waals surface area contributed by atoms with Crippen LogP contribution in [-0.4, -0.2) is 25.0 Å². The summed E-state index contributed by atoms with van der Waals surface area (Å²) in [6, 6.07) is 19.0. The van der Waals surface area contributed by atoms with Crippen molar-refractivity contribution in [1.82, 2.24) is 25.0 Å². The van der Waals surface area contributed by atoms with E-state index < -0.39 is 0 Å². The zero-order valence-corrected chi connectivity index (χ0v) is 16.2. The summed E-state index contributed by atoms with van der Waals surface area (Å²) in [7, 11) is 0. The molecule has 0 aliphatic rings. The van der Waals surface area contributed by atoms with Crippen LogP contribution in [0.5, 0.6) is 0 Å². The van der Waals surface area contributed by atoms with Gasteiger partial charge in [0, 0.05) is 0 Å². The molecule has 0 radical (unpaired) electrons. The maximum atomic E-state index is 8.86. The van der Waals surface area contributed by atoms with Gasteiger partial charge in [-0.3, -0.25) is 4.57 Å². The number of aromatic nitrogens is 5. The van der Waals surface area contributed by atoms with Gasteiger partial charge in [0.05, 0.1) is 6.54 Å². The molecule has 0 saturated carbocycles. The fourth-order valence-corrected chi connectivity index (χ4v) is 3.47. The van der Waals surface area contributed by atoms with Gasteiger partial charge in [0.2, 0.25) is 5.82 Å². The molecule has 0 aliphatic heterocycles. The topological polar surface area (TPSA) is 93.4 Å². The summed E-state index contributed by atoms with van der Waals surface area (Å²) in [6.07, 6.45) is 0. The maximum Gasteiger partial charge on any atom is 0.200 e. The molecule has 7 nitrogen and oxygen atoms in total. The van der Waals surface area contributed by atoms with E-state index in [0.29, 0.717) is 33.0 Å². The highest BCUT2D eigenvalue weighted by Crippen LogP contribution is 2.30. The summed E-state index contributed by atoms with van der Waals surface area (Å²) >= 11 is 4.65. The van der Waals surface area contributed by atoms with Gasteiger partial charge in [0.25, 0.3) is 0 Å². The number of hydrogen-bond donors (Lipinski definition) is 0. The number of benzene rings is 1. The molecule has 4 aromatic rings. The van der Waals surface area contributed by atoms with Gasteiger partial charge in [-0.1, -0.05) is 30.3 Å². The highest BCUT2D eigenvalue weighted by molar-refractivity contribution is 9.10. The minimum absolute atomic E-state index is 0.270. The first-order valence-electron chi connectivity index (χ1n) is 7.87. The molecule has 9 heteroatoms. The van der Waals surface area contributed by atoms with E-state index in [0.717, 1.165) is 5.56 Å². The van der Waals surface area contributed by atoms with Crippen molar-refractivity contribution in [2.45, 2.75) is 16.7 Å². The number of furan rings is 1. The van der Waals surface area contributed by atoms with Crippen LogP contribution in [0.3, 0.4) is 0 Å². The van der Waals surface area contributed by atoms with Crippen molar-refractivity contribution in [3.63, 3.8) is 0 Å². The average molecular weight is 439 g/mol. The maximum absolute atomic E-state index is 8.86. The van der Waals surface area contributed by atoms with Gasteiger partial charge in [-0.05, 0) is 57.5 Å². The van der Waals surface area contributed by atoms with Gasteiger partial charge >= 0.3 is 0 Å². The summed E-state index contributed by atoms with van der Waals surface area (Å²) in [5.74, 6) is 1.23. The summed E-state index contributed by atoms with van der Waals surface area (Å²) in [4.78, 5) is 0. The predicted octanol–water partition coefficient (Wildman–Crippen LogP) is 4.16. The van der Waals surface area contributed by atoms with Crippen LogP contribution in [0.4, 0.5) is 0 Å². The van der Waals surface area contributed by atoms with Crippen molar-refractivity contribution in [2.75, 3.05) is 0 Å². The quantitative estimate of drug-likeness (QED) is 0.461. The number of nitriles is 1. The molecule has 27 heavy (non-hydrogen) atoms. The minimum Gasteiger partial charge on any atom is -0.446 e. The molecule has 0 N–H and O–H groups in total. The van der Waals surface area contributed by atoms with Crippen LogP contribution in [0.1, 0.15) is 11.3 Å². The zero-order valence-electron chi connectivity index (χ0n) is 13.8. The van der Waals surface area contributed by atoms with E-state index in [1.807, 2.05) is 53.1 Å². The molecule has 3 aromatic heterocycles. The molecule has 0 spiro atoms. The van der Waals surface area contributed by atoms with Crippen molar-refractivity contribution >= 4 is 27.7 Å². The Morgan fingerprint density at radius 1 is 1.00 bits per heavy atom. The van der Waals surface area contributed by atoms with Crippen molar-refractivity contribution in [2.24, 2.45) is 0 Å². The molecule has 0 saturated heterocycles. The van der Waals surface area contributed by atoms with E-state index >= 15 is 0 Å². The fourth-order valence-electron chi connectivity index (χ4n) is 2.42. The van der Waals surface area contributed by atoms with E-state index in [-0.39, 0.29) is 5.69 Å². The highest BCUT2D eigenvalue weighted by atomic mass is 79.9. The summed E-state index contributed by atoms with van der Waals surface area (Å²) < 4.78 is 8.25. The number of halogens is 1. The monoisotopic (exact) mass is 438 g/mol. The third-order valence-electron chi connectivity index (χ3n) is 3.64. The van der Waals surface area contributed by atoms with E-state index in [4.69, 9.17) is 9.68 Å². The Balaban J connectivity index is 1.71. The summed E-state index contributed by atoms with van der Waals surface area (Å²) in [6.45, 7) is 0.577. The zero-order chi connectivity index (χ0) is 18.6. The minimum atomic E-state index is 0.270. The normalized spacial score (nSPS) is 10.7. The molecule has 3 heterocycles. The molecule has 0 bridgehead atoms. The second-order valence-electron chi connectivity index (χ2n) is 5.45. The summed E-state index contributed by atoms with van der Waals surface area (Å²) in [5, 5.41) is 26.7. The third kappa shape index (κ3) is 3.92. The molecule has 0 amide bonds. The highest BCUT2D eigenvalue weighted by Gasteiger charge is 2.18. The molecule has 132 valence electrons. The Kier molecular flexibility index (Phi) is 5.00. The van der Waals surface area contributed by atoms with Gasteiger partial charge in [0.1, 0.15) is 11.1 Å². The van der Waals surface area contributed by atoms with E-state index in [1.165, 1.54) is 11.8 Å². The molecule has 1 aromatic carbocycles. The van der Waals surface area contributed by atoms with Gasteiger partial charge in [-0.15, -0.1) is 20.4 Å². The molecule has 0 atom stereocenters. The first kappa shape index (κ1) is 17.5. The van der Waals surface area contributed by atoms with Crippen molar-refractivity contribution in [1.29, 1.82) is 5.26 Å². The number of nitrogens with zero attached hydrogens (tertiary/aromatic N) is 6. The lowest BCUT2D eigenvalue weighted by Gasteiger charge is -2.09. The van der Waals surface area contributed by atoms with Gasteiger partial charge in [-0.2, -0.15) is 5.26 Å². The lowest BCUT2D eigenvalue weighted by molar-refractivity contribution is 0.545. The van der Waals surface area contributed by atoms with Crippen molar-refractivity contribution < 1.29 is 4.42 Å². The average Bonchev–Trinajstić information content (AvgIpc) is 3.30. The van der Waals surface area contributed by atoms with E-state index in [1.54, 1.807) is 12.1 Å². The Bertz CT molecular complexity index is 1100. The standard InChI is InChI=1S/C18H11BrN6OS/c19-15-8-7-14(26-15)17-23-24-18(25(17)11-12-4-2-1-3-5-12)27-16-9-6-13(10-20)21-22-16/h1-9H,11H2. The van der Waals surface area contributed by atoms with E-state index in [2.05, 4.69) is 36.3 Å². The van der Waals surface area contributed by atoms with Crippen LogP contribution in [0.15, 0.2) is 73.9 Å². The van der Waals surface area contributed by atoms with Gasteiger partial charge < -0.3 is 4.42 Å². The second kappa shape index (κ2) is 7.73. The summed E-state index contributed by atoms with van der Waals surface area (Å²) in [5.41, 5.74) is 1.38. The number of rotatable bonds is 5. The Morgan fingerprint density at radius 2 is 1.85 bits per heavy atom. The SMILES string of the molecule is N#Cc1ccc(Sc2nnc(-c3ccc(Br)o3)n2Cc2ccccc2)nn1. The lowest BCUT2D eigenvalue weighted by atomic mass is 10.2. The predicted molar refractivity (Wildman–Crippen MR) is 102 cm³/mol. The molecular weight excluding hydrogens is 428 g/mol. The Morgan fingerprint density at radius 3 is 2.52 bits per heavy atom. The van der Waals surface area contributed by atoms with E-state index in [9.17, 15) is 0 Å². The molecular formula is C18H11BrN6OS. The van der Waals surface area contributed by atoms with Crippen molar-refractivity contribution in [3.05, 3.63) is 70.5 Å². The largest absolute Gasteiger partial charge is 0.446 e. The van der Waals surface area contributed by atoms with Crippen LogP contribution in [-0.2, 0) is 6.54 Å². The van der Waals surface area contributed by atoms with Crippen LogP contribution in [0.25, 0.3) is 11.6 Å².